The molecule has 2 aromatic rings. The molecule has 0 aliphatic carbocycles. The fraction of sp³-hybridized carbons (Fsp3) is 0.333. The van der Waals surface area contributed by atoms with Crippen LogP contribution in [0.1, 0.15) is 42.5 Å². The van der Waals surface area contributed by atoms with Crippen LogP contribution in [0.2, 0.25) is 0 Å². The lowest BCUT2D eigenvalue weighted by atomic mass is 10.1. The quantitative estimate of drug-likeness (QED) is 0.749. The van der Waals surface area contributed by atoms with Crippen LogP contribution in [0.15, 0.2) is 48.5 Å². The molecule has 1 amide bonds. The normalized spacial score (nSPS) is 13.7. The maximum Gasteiger partial charge on any atom is 0.224 e. The molecule has 1 fully saturated rings. The van der Waals surface area contributed by atoms with Gasteiger partial charge in [0.2, 0.25) is 5.91 Å². The van der Waals surface area contributed by atoms with Crippen LogP contribution in [0.3, 0.4) is 0 Å². The summed E-state index contributed by atoms with van der Waals surface area (Å²) >= 11 is 0. The van der Waals surface area contributed by atoms with Crippen LogP contribution in [0.25, 0.3) is 0 Å². The number of hydrogen-bond acceptors (Lipinski definition) is 3. The van der Waals surface area contributed by atoms with Crippen molar-refractivity contribution in [1.29, 1.82) is 0 Å². The smallest absolute Gasteiger partial charge is 0.224 e. The molecule has 26 heavy (non-hydrogen) atoms. The van der Waals surface area contributed by atoms with E-state index in [1.54, 1.807) is 0 Å². The van der Waals surface area contributed by atoms with Crippen molar-refractivity contribution < 1.29 is 14.0 Å². The predicted molar refractivity (Wildman–Crippen MR) is 101 cm³/mol. The molecule has 1 N–H and O–H groups in total. The molecule has 0 bridgehead atoms. The van der Waals surface area contributed by atoms with Crippen LogP contribution in [-0.2, 0) is 4.79 Å². The minimum Gasteiger partial charge on any atom is -0.371 e. The van der Waals surface area contributed by atoms with Crippen LogP contribution in [0, 0.1) is 5.82 Å². The maximum absolute atomic E-state index is 12.9. The second-order valence-corrected chi connectivity index (χ2v) is 6.58. The highest BCUT2D eigenvalue weighted by Gasteiger charge is 2.13. The van der Waals surface area contributed by atoms with Crippen molar-refractivity contribution in [3.05, 3.63) is 59.9 Å². The Morgan fingerprint density at radius 1 is 1.00 bits per heavy atom. The third kappa shape index (κ3) is 4.91. The minimum absolute atomic E-state index is 0.0752. The van der Waals surface area contributed by atoms with Gasteiger partial charge in [-0.25, -0.2) is 4.39 Å². The summed E-state index contributed by atoms with van der Waals surface area (Å²) in [7, 11) is 0. The van der Waals surface area contributed by atoms with Gasteiger partial charge < -0.3 is 10.2 Å². The van der Waals surface area contributed by atoms with E-state index in [1.807, 2.05) is 18.2 Å². The summed E-state index contributed by atoms with van der Waals surface area (Å²) in [4.78, 5) is 26.5. The number of benzene rings is 2. The molecule has 3 rings (SSSR count). The second-order valence-electron chi connectivity index (χ2n) is 6.58. The van der Waals surface area contributed by atoms with E-state index in [2.05, 4.69) is 16.3 Å². The number of hydrogen-bond donors (Lipinski definition) is 1. The first kappa shape index (κ1) is 18.1. The van der Waals surface area contributed by atoms with E-state index in [4.69, 9.17) is 0 Å². The van der Waals surface area contributed by atoms with Gasteiger partial charge in [0.1, 0.15) is 5.82 Å². The summed E-state index contributed by atoms with van der Waals surface area (Å²) < 4.78 is 12.9. The molecule has 1 aliphatic heterocycles. The van der Waals surface area contributed by atoms with E-state index >= 15 is 0 Å². The summed E-state index contributed by atoms with van der Waals surface area (Å²) in [6, 6.07) is 13.4. The number of amides is 1. The Morgan fingerprint density at radius 2 is 1.73 bits per heavy atom. The van der Waals surface area contributed by atoms with Gasteiger partial charge >= 0.3 is 0 Å². The molecule has 136 valence electrons. The van der Waals surface area contributed by atoms with Gasteiger partial charge in [0.15, 0.2) is 5.78 Å². The minimum atomic E-state index is -0.364. The maximum atomic E-state index is 12.9. The van der Waals surface area contributed by atoms with Crippen LogP contribution < -0.4 is 10.2 Å². The van der Waals surface area contributed by atoms with Crippen molar-refractivity contribution in [1.82, 2.24) is 0 Å². The Bertz CT molecular complexity index is 768. The van der Waals surface area contributed by atoms with Gasteiger partial charge in [-0.15, -0.1) is 0 Å². The molecular formula is C21H23FN2O2. The molecule has 0 unspecified atom stereocenters. The van der Waals surface area contributed by atoms with Gasteiger partial charge in [-0.05, 0) is 61.7 Å². The summed E-state index contributed by atoms with van der Waals surface area (Å²) in [5, 5.41) is 2.90. The molecule has 0 atom stereocenters. The molecule has 4 nitrogen and oxygen atoms in total. The van der Waals surface area contributed by atoms with Gasteiger partial charge in [0, 0.05) is 42.9 Å². The molecule has 1 saturated heterocycles. The molecule has 1 heterocycles. The van der Waals surface area contributed by atoms with E-state index in [9.17, 15) is 14.0 Å². The van der Waals surface area contributed by atoms with Crippen molar-refractivity contribution in [2.24, 2.45) is 0 Å². The predicted octanol–water partition coefficient (Wildman–Crippen LogP) is 4.42. The average Bonchev–Trinajstić information content (AvgIpc) is 3.17. The van der Waals surface area contributed by atoms with Gasteiger partial charge in [-0.3, -0.25) is 9.59 Å². The molecule has 0 radical (unpaired) electrons. The summed E-state index contributed by atoms with van der Waals surface area (Å²) in [6.07, 6.45) is 3.43. The number of nitrogens with one attached hydrogen (secondary N) is 1. The Hall–Kier alpha value is -2.69. The highest BCUT2D eigenvalue weighted by Crippen LogP contribution is 2.23. The van der Waals surface area contributed by atoms with E-state index in [0.29, 0.717) is 12.0 Å². The standard InChI is InChI=1S/C21H23FN2O2/c22-17-11-9-16(10-12-17)20(25)7-4-8-21(26)23-18-5-3-6-19(15-18)24-13-1-2-14-24/h3,5-6,9-12,15H,1-2,4,7-8,13-14H2,(H,23,26). The number of Topliss-reactive ketones (excluding diaryl/α,β-unsaturated/α-hetero) is 1. The molecule has 0 saturated carbocycles. The van der Waals surface area contributed by atoms with Crippen LogP contribution in [0.5, 0.6) is 0 Å². The fourth-order valence-corrected chi connectivity index (χ4v) is 3.17. The van der Waals surface area contributed by atoms with Crippen molar-refractivity contribution in [3.63, 3.8) is 0 Å². The van der Waals surface area contributed by atoms with Gasteiger partial charge in [-0.1, -0.05) is 6.07 Å². The van der Waals surface area contributed by atoms with Crippen molar-refractivity contribution in [2.45, 2.75) is 32.1 Å². The lowest BCUT2D eigenvalue weighted by molar-refractivity contribution is -0.116. The van der Waals surface area contributed by atoms with Crippen LogP contribution >= 0.6 is 0 Å². The number of nitrogens with zero attached hydrogens (tertiary/aromatic N) is 1. The third-order valence-electron chi connectivity index (χ3n) is 4.57. The van der Waals surface area contributed by atoms with E-state index in [1.165, 1.54) is 37.1 Å². The molecule has 0 aromatic heterocycles. The first-order valence-electron chi connectivity index (χ1n) is 9.05. The van der Waals surface area contributed by atoms with Gasteiger partial charge in [0.05, 0.1) is 0 Å². The largest absolute Gasteiger partial charge is 0.371 e. The molecular weight excluding hydrogens is 331 g/mol. The number of carbonyl (C=O) groups excluding carboxylic acids is 2. The number of carbonyl (C=O) groups is 2. The molecule has 0 spiro atoms. The molecule has 1 aliphatic rings. The zero-order valence-corrected chi connectivity index (χ0v) is 14.7. The molecule has 2 aromatic carbocycles. The van der Waals surface area contributed by atoms with E-state index in [0.717, 1.165) is 24.5 Å². The number of ketones is 1. The van der Waals surface area contributed by atoms with Crippen LogP contribution in [-0.4, -0.2) is 24.8 Å². The highest BCUT2D eigenvalue weighted by molar-refractivity contribution is 5.96. The van der Waals surface area contributed by atoms with Crippen molar-refractivity contribution >= 4 is 23.1 Å². The number of halogens is 1. The Kier molecular flexibility index (Phi) is 6.00. The topological polar surface area (TPSA) is 49.4 Å². The molecule has 5 heteroatoms. The van der Waals surface area contributed by atoms with E-state index in [-0.39, 0.29) is 30.3 Å². The lowest BCUT2D eigenvalue weighted by Crippen LogP contribution is -2.18. The Morgan fingerprint density at radius 3 is 2.46 bits per heavy atom. The summed E-state index contributed by atoms with van der Waals surface area (Å²) in [5.41, 5.74) is 2.39. The average molecular weight is 354 g/mol. The summed E-state index contributed by atoms with van der Waals surface area (Å²) in [5.74, 6) is -0.540. The SMILES string of the molecule is O=C(CCCC(=O)c1ccc(F)cc1)Nc1cccc(N2CCCC2)c1. The van der Waals surface area contributed by atoms with Gasteiger partial charge in [-0.2, -0.15) is 0 Å². The second kappa shape index (κ2) is 8.61. The highest BCUT2D eigenvalue weighted by atomic mass is 19.1. The van der Waals surface area contributed by atoms with Crippen molar-refractivity contribution in [2.75, 3.05) is 23.3 Å². The van der Waals surface area contributed by atoms with Crippen LogP contribution in [0.4, 0.5) is 15.8 Å². The Labute approximate surface area is 153 Å². The first-order chi connectivity index (χ1) is 12.6. The number of anilines is 2. The Balaban J connectivity index is 1.46. The zero-order valence-electron chi connectivity index (χ0n) is 14.7. The first-order valence-corrected chi connectivity index (χ1v) is 9.05. The fourth-order valence-electron chi connectivity index (χ4n) is 3.17. The van der Waals surface area contributed by atoms with E-state index < -0.39 is 0 Å². The third-order valence-corrected chi connectivity index (χ3v) is 4.57. The monoisotopic (exact) mass is 354 g/mol. The van der Waals surface area contributed by atoms with Gasteiger partial charge in [0.25, 0.3) is 0 Å². The van der Waals surface area contributed by atoms with Crippen molar-refractivity contribution in [3.8, 4) is 0 Å². The zero-order chi connectivity index (χ0) is 18.4. The summed E-state index contributed by atoms with van der Waals surface area (Å²) in [6.45, 7) is 2.12. The number of rotatable bonds is 7. The lowest BCUT2D eigenvalue weighted by Gasteiger charge is -2.18.